The Hall–Kier alpha value is -2.33. The van der Waals surface area contributed by atoms with Gasteiger partial charge in [0.25, 0.3) is 0 Å². The molecule has 0 saturated carbocycles. The molecular weight excluding hydrogens is 238 g/mol. The number of hydrogen-bond donors (Lipinski definition) is 0. The van der Waals surface area contributed by atoms with Gasteiger partial charge in [0.1, 0.15) is 0 Å². The van der Waals surface area contributed by atoms with Crippen LogP contribution in [0.1, 0.15) is 18.0 Å². The number of esters is 1. The highest BCUT2D eigenvalue weighted by atomic mass is 16.7. The third-order valence-corrected chi connectivity index (χ3v) is 2.58. The fraction of sp³-hybridized carbons (Fsp3) is 0.333. The monoisotopic (exact) mass is 249 g/mol. The average molecular weight is 249 g/mol. The van der Waals surface area contributed by atoms with E-state index in [0.717, 1.165) is 0 Å². The van der Waals surface area contributed by atoms with Crippen molar-refractivity contribution in [2.24, 2.45) is 4.99 Å². The molecule has 0 amide bonds. The van der Waals surface area contributed by atoms with Gasteiger partial charge in [-0.3, -0.25) is 4.79 Å². The van der Waals surface area contributed by atoms with Crippen molar-refractivity contribution in [2.75, 3.05) is 13.9 Å². The van der Waals surface area contributed by atoms with E-state index in [0.29, 0.717) is 17.1 Å². The smallest absolute Gasteiger partial charge is 0.308 e. The minimum atomic E-state index is -0.621. The van der Waals surface area contributed by atoms with Crippen LogP contribution >= 0.6 is 0 Å². The number of ether oxygens (including phenoxy) is 3. The molecule has 18 heavy (non-hydrogen) atoms. The van der Waals surface area contributed by atoms with Crippen LogP contribution in [-0.4, -0.2) is 26.0 Å². The fourth-order valence-electron chi connectivity index (χ4n) is 1.66. The van der Waals surface area contributed by atoms with Gasteiger partial charge in [-0.2, -0.15) is 4.99 Å². The van der Waals surface area contributed by atoms with Crippen molar-refractivity contribution in [1.29, 1.82) is 0 Å². The predicted octanol–water partition coefficient (Wildman–Crippen LogP) is 1.36. The van der Waals surface area contributed by atoms with Crippen LogP contribution in [-0.2, 0) is 14.3 Å². The summed E-state index contributed by atoms with van der Waals surface area (Å²) < 4.78 is 15.0. The lowest BCUT2D eigenvalue weighted by atomic mass is 10.0. The van der Waals surface area contributed by atoms with E-state index in [1.54, 1.807) is 18.2 Å². The van der Waals surface area contributed by atoms with Gasteiger partial charge in [0.15, 0.2) is 11.5 Å². The molecule has 1 unspecified atom stereocenters. The van der Waals surface area contributed by atoms with Crippen molar-refractivity contribution < 1.29 is 23.8 Å². The van der Waals surface area contributed by atoms with Crippen LogP contribution in [0.4, 0.5) is 0 Å². The van der Waals surface area contributed by atoms with Crippen molar-refractivity contribution in [3.8, 4) is 11.5 Å². The summed E-state index contributed by atoms with van der Waals surface area (Å²) in [6.45, 7) is 0.164. The molecule has 1 aromatic carbocycles. The first-order valence-corrected chi connectivity index (χ1v) is 5.28. The molecule has 0 aliphatic carbocycles. The van der Waals surface area contributed by atoms with Gasteiger partial charge >= 0.3 is 5.97 Å². The van der Waals surface area contributed by atoms with Gasteiger partial charge in [0, 0.05) is 0 Å². The van der Waals surface area contributed by atoms with Gasteiger partial charge in [0.05, 0.1) is 19.6 Å². The van der Waals surface area contributed by atoms with Crippen molar-refractivity contribution in [3.05, 3.63) is 23.8 Å². The zero-order valence-electron chi connectivity index (χ0n) is 9.71. The molecular formula is C12H11NO5. The number of carbonyl (C=O) groups is 1. The molecule has 0 spiro atoms. The molecule has 1 atom stereocenters. The summed E-state index contributed by atoms with van der Waals surface area (Å²) in [5, 5.41) is 0. The number of nitrogens with zero attached hydrogens (tertiary/aromatic N) is 1. The molecule has 6 heteroatoms. The van der Waals surface area contributed by atoms with Crippen molar-refractivity contribution in [2.45, 2.75) is 12.5 Å². The molecule has 94 valence electrons. The molecule has 2 rings (SSSR count). The van der Waals surface area contributed by atoms with E-state index in [1.165, 1.54) is 13.2 Å². The first-order valence-electron chi connectivity index (χ1n) is 5.28. The maximum atomic E-state index is 11.2. The minimum Gasteiger partial charge on any atom is -0.469 e. The Labute approximate surface area is 103 Å². The number of methoxy groups -OCH3 is 1. The van der Waals surface area contributed by atoms with Gasteiger partial charge in [-0.05, 0) is 17.7 Å². The Balaban J connectivity index is 2.25. The maximum Gasteiger partial charge on any atom is 0.308 e. The molecule has 1 aliphatic heterocycles. The van der Waals surface area contributed by atoms with Gasteiger partial charge in [-0.25, -0.2) is 4.79 Å². The highest BCUT2D eigenvalue weighted by Gasteiger charge is 2.20. The molecule has 0 bridgehead atoms. The maximum absolute atomic E-state index is 11.2. The Morgan fingerprint density at radius 1 is 1.50 bits per heavy atom. The van der Waals surface area contributed by atoms with Crippen LogP contribution in [0, 0.1) is 0 Å². The van der Waals surface area contributed by atoms with E-state index in [9.17, 15) is 9.59 Å². The summed E-state index contributed by atoms with van der Waals surface area (Å²) in [7, 11) is 1.28. The third kappa shape index (κ3) is 2.49. The first-order chi connectivity index (χ1) is 8.74. The molecule has 1 aromatic rings. The van der Waals surface area contributed by atoms with E-state index in [2.05, 4.69) is 9.73 Å². The number of benzene rings is 1. The molecule has 1 aliphatic rings. The molecule has 1 heterocycles. The normalized spacial score (nSPS) is 13.6. The number of fused-ring (bicyclic) bond motifs is 1. The average Bonchev–Trinajstić information content (AvgIpc) is 2.85. The number of carbonyl (C=O) groups excluding carboxylic acids is 2. The predicted molar refractivity (Wildman–Crippen MR) is 60.1 cm³/mol. The van der Waals surface area contributed by atoms with Gasteiger partial charge in [-0.15, -0.1) is 0 Å². The molecule has 0 saturated heterocycles. The van der Waals surface area contributed by atoms with Crippen molar-refractivity contribution >= 4 is 12.0 Å². The fourth-order valence-corrected chi connectivity index (χ4v) is 1.66. The summed E-state index contributed by atoms with van der Waals surface area (Å²) in [5.41, 5.74) is 0.674. The molecule has 0 fully saturated rings. The molecule has 0 radical (unpaired) electrons. The topological polar surface area (TPSA) is 74.2 Å². The largest absolute Gasteiger partial charge is 0.469 e. The lowest BCUT2D eigenvalue weighted by Gasteiger charge is -2.10. The van der Waals surface area contributed by atoms with Crippen LogP contribution in [0.25, 0.3) is 0 Å². The Morgan fingerprint density at radius 2 is 2.28 bits per heavy atom. The van der Waals surface area contributed by atoms with Crippen LogP contribution in [0.5, 0.6) is 11.5 Å². The zero-order chi connectivity index (χ0) is 13.0. The highest BCUT2D eigenvalue weighted by Crippen LogP contribution is 2.35. The second-order valence-electron chi connectivity index (χ2n) is 3.63. The van der Waals surface area contributed by atoms with E-state index >= 15 is 0 Å². The summed E-state index contributed by atoms with van der Waals surface area (Å²) in [4.78, 5) is 25.2. The van der Waals surface area contributed by atoms with Crippen LogP contribution in [0.3, 0.4) is 0 Å². The van der Waals surface area contributed by atoms with E-state index in [4.69, 9.17) is 9.47 Å². The number of isocyanates is 1. The summed E-state index contributed by atoms with van der Waals surface area (Å²) in [5.74, 6) is 0.755. The van der Waals surface area contributed by atoms with Crippen molar-refractivity contribution in [1.82, 2.24) is 0 Å². The van der Waals surface area contributed by atoms with Gasteiger partial charge in [0.2, 0.25) is 12.9 Å². The zero-order valence-corrected chi connectivity index (χ0v) is 9.71. The van der Waals surface area contributed by atoms with Crippen LogP contribution in [0.15, 0.2) is 23.2 Å². The lowest BCUT2D eigenvalue weighted by Crippen LogP contribution is -2.07. The summed E-state index contributed by atoms with van der Waals surface area (Å²) in [6.07, 6.45) is 1.44. The van der Waals surface area contributed by atoms with E-state index in [-0.39, 0.29) is 13.2 Å². The van der Waals surface area contributed by atoms with Gasteiger partial charge < -0.3 is 14.2 Å². The quantitative estimate of drug-likeness (QED) is 0.457. The number of hydrogen-bond acceptors (Lipinski definition) is 6. The van der Waals surface area contributed by atoms with E-state index in [1.807, 2.05) is 0 Å². The SMILES string of the molecule is COC(=O)CC(N=C=O)c1ccc2c(c1)OCO2. The van der Waals surface area contributed by atoms with Gasteiger partial charge in [-0.1, -0.05) is 6.07 Å². The highest BCUT2D eigenvalue weighted by molar-refractivity contribution is 5.70. The standard InChI is InChI=1S/C12H11NO5/c1-16-12(15)5-9(13-6-14)8-2-3-10-11(4-8)18-7-17-10/h2-4,9H,5,7H2,1H3. The van der Waals surface area contributed by atoms with Crippen LogP contribution in [0.2, 0.25) is 0 Å². The summed E-state index contributed by atoms with van der Waals surface area (Å²) in [6, 6.07) is 4.51. The minimum absolute atomic E-state index is 0.0224. The van der Waals surface area contributed by atoms with Crippen molar-refractivity contribution in [3.63, 3.8) is 0 Å². The molecule has 6 nitrogen and oxygen atoms in total. The third-order valence-electron chi connectivity index (χ3n) is 2.58. The second-order valence-corrected chi connectivity index (χ2v) is 3.63. The summed E-state index contributed by atoms with van der Waals surface area (Å²) >= 11 is 0. The number of aliphatic imine (C=N–C) groups is 1. The molecule has 0 aromatic heterocycles. The Kier molecular flexibility index (Phi) is 3.60. The molecule has 0 N–H and O–H groups in total. The second kappa shape index (κ2) is 5.33. The first kappa shape index (κ1) is 12.1. The van der Waals surface area contributed by atoms with Crippen LogP contribution < -0.4 is 9.47 Å². The Bertz CT molecular complexity index is 507. The number of rotatable bonds is 4. The van der Waals surface area contributed by atoms with E-state index < -0.39 is 12.0 Å². The Morgan fingerprint density at radius 3 is 3.00 bits per heavy atom. The lowest BCUT2D eigenvalue weighted by molar-refractivity contribution is -0.141.